The fourth-order valence-corrected chi connectivity index (χ4v) is 4.07. The van der Waals surface area contributed by atoms with E-state index in [0.29, 0.717) is 11.0 Å². The number of anilines is 1. The first kappa shape index (κ1) is 12.0. The highest BCUT2D eigenvalue weighted by molar-refractivity contribution is 7.99. The third-order valence-corrected chi connectivity index (χ3v) is 5.05. The average molecular weight is 282 g/mol. The van der Waals surface area contributed by atoms with Crippen molar-refractivity contribution in [3.05, 3.63) is 22.6 Å². The van der Waals surface area contributed by atoms with Crippen molar-refractivity contribution in [2.45, 2.75) is 19.4 Å². The van der Waals surface area contributed by atoms with Crippen molar-refractivity contribution in [3.63, 3.8) is 0 Å². The smallest absolute Gasteiger partial charge is 0.275 e. The second kappa shape index (κ2) is 4.89. The molecule has 0 amide bonds. The molecule has 3 heterocycles. The molecule has 0 aliphatic carbocycles. The molecule has 0 saturated carbocycles. The monoisotopic (exact) mass is 282 g/mol. The van der Waals surface area contributed by atoms with E-state index >= 15 is 0 Å². The van der Waals surface area contributed by atoms with Crippen LogP contribution in [0.2, 0.25) is 0 Å². The molecule has 0 aromatic carbocycles. The van der Waals surface area contributed by atoms with Crippen LogP contribution in [0, 0.1) is 0 Å². The van der Waals surface area contributed by atoms with Gasteiger partial charge in [-0.3, -0.25) is 4.79 Å². The van der Waals surface area contributed by atoms with Crippen LogP contribution in [-0.4, -0.2) is 38.7 Å². The zero-order valence-electron chi connectivity index (χ0n) is 10.1. The molecule has 1 aliphatic heterocycles. The minimum Gasteiger partial charge on any atom is -0.343 e. The van der Waals surface area contributed by atoms with Gasteiger partial charge in [0.25, 0.3) is 5.56 Å². The Labute approximate surface area is 113 Å². The molecule has 5 nitrogen and oxygen atoms in total. The number of rotatable bonds is 1. The Morgan fingerprint density at radius 2 is 2.33 bits per heavy atom. The molecule has 18 heavy (non-hydrogen) atoms. The molecule has 0 spiro atoms. The van der Waals surface area contributed by atoms with E-state index in [9.17, 15) is 4.79 Å². The van der Waals surface area contributed by atoms with E-state index in [1.54, 1.807) is 6.20 Å². The minimum atomic E-state index is -0.112. The molecule has 7 heteroatoms. The fourth-order valence-electron chi connectivity index (χ4n) is 2.03. The van der Waals surface area contributed by atoms with Gasteiger partial charge in [-0.15, -0.1) is 5.10 Å². The Bertz CT molecular complexity index is 608. The molecule has 96 valence electrons. The number of thioether (sulfide) groups is 1. The number of nitrogens with zero attached hydrogens (tertiary/aromatic N) is 4. The minimum absolute atomic E-state index is 0.112. The highest BCUT2D eigenvalue weighted by atomic mass is 32.2. The van der Waals surface area contributed by atoms with E-state index in [1.165, 1.54) is 27.7 Å². The van der Waals surface area contributed by atoms with Gasteiger partial charge in [0.1, 0.15) is 0 Å². The van der Waals surface area contributed by atoms with Gasteiger partial charge in [-0.05, 0) is 19.1 Å². The molecule has 1 fully saturated rings. The lowest BCUT2D eigenvalue weighted by atomic mass is 10.2. The van der Waals surface area contributed by atoms with Crippen molar-refractivity contribution in [1.82, 2.24) is 14.6 Å². The standard InChI is InChI=1S/C11H14N4OS2/c1-8-3-6-17-7-5-14(8)11-13-15-9(16)2-4-12-10(15)18-11/h2,4,8H,3,5-7H2,1H3. The summed E-state index contributed by atoms with van der Waals surface area (Å²) >= 11 is 3.47. The summed E-state index contributed by atoms with van der Waals surface area (Å²) in [5, 5.41) is 5.31. The van der Waals surface area contributed by atoms with Crippen LogP contribution in [0.25, 0.3) is 4.96 Å². The highest BCUT2D eigenvalue weighted by Crippen LogP contribution is 2.26. The Kier molecular flexibility index (Phi) is 3.25. The van der Waals surface area contributed by atoms with Gasteiger partial charge in [0, 0.05) is 30.6 Å². The molecular formula is C11H14N4OS2. The van der Waals surface area contributed by atoms with Crippen LogP contribution >= 0.6 is 23.1 Å². The summed E-state index contributed by atoms with van der Waals surface area (Å²) < 4.78 is 1.39. The second-order valence-corrected chi connectivity index (χ2v) is 6.46. The van der Waals surface area contributed by atoms with E-state index in [-0.39, 0.29) is 5.56 Å². The van der Waals surface area contributed by atoms with Gasteiger partial charge < -0.3 is 4.90 Å². The lowest BCUT2D eigenvalue weighted by Crippen LogP contribution is -2.33. The maximum atomic E-state index is 11.7. The first-order valence-corrected chi connectivity index (χ1v) is 7.92. The normalized spacial score (nSPS) is 21.2. The molecule has 1 aliphatic rings. The van der Waals surface area contributed by atoms with E-state index in [1.807, 2.05) is 11.8 Å². The van der Waals surface area contributed by atoms with Gasteiger partial charge in [-0.25, -0.2) is 4.98 Å². The first-order chi connectivity index (χ1) is 8.75. The van der Waals surface area contributed by atoms with Crippen molar-refractivity contribution in [2.75, 3.05) is 23.0 Å². The number of hydrogen-bond donors (Lipinski definition) is 0. The van der Waals surface area contributed by atoms with Crippen molar-refractivity contribution in [1.29, 1.82) is 0 Å². The van der Waals surface area contributed by atoms with E-state index < -0.39 is 0 Å². The molecule has 0 radical (unpaired) electrons. The molecule has 1 saturated heterocycles. The SMILES string of the molecule is CC1CCSCCN1c1nn2c(=O)ccnc2s1. The van der Waals surface area contributed by atoms with Crippen LogP contribution in [0.15, 0.2) is 17.1 Å². The zero-order valence-corrected chi connectivity index (χ0v) is 11.7. The van der Waals surface area contributed by atoms with Gasteiger partial charge in [-0.2, -0.15) is 16.3 Å². The van der Waals surface area contributed by atoms with Gasteiger partial charge in [0.05, 0.1) is 0 Å². The number of fused-ring (bicyclic) bond motifs is 1. The maximum Gasteiger partial charge on any atom is 0.275 e. The molecule has 3 rings (SSSR count). The molecule has 1 atom stereocenters. The van der Waals surface area contributed by atoms with Crippen LogP contribution in [0.5, 0.6) is 0 Å². The Balaban J connectivity index is 2.02. The third-order valence-electron chi connectivity index (χ3n) is 3.09. The summed E-state index contributed by atoms with van der Waals surface area (Å²) in [5.74, 6) is 2.31. The van der Waals surface area contributed by atoms with E-state index in [2.05, 4.69) is 21.9 Å². The van der Waals surface area contributed by atoms with E-state index in [0.717, 1.165) is 23.8 Å². The summed E-state index contributed by atoms with van der Waals surface area (Å²) in [5.41, 5.74) is -0.112. The Morgan fingerprint density at radius 3 is 3.17 bits per heavy atom. The lowest BCUT2D eigenvalue weighted by Gasteiger charge is -2.25. The van der Waals surface area contributed by atoms with Gasteiger partial charge in [0.2, 0.25) is 10.1 Å². The van der Waals surface area contributed by atoms with Gasteiger partial charge in [0.15, 0.2) is 0 Å². The quantitative estimate of drug-likeness (QED) is 0.793. The number of aromatic nitrogens is 3. The van der Waals surface area contributed by atoms with E-state index in [4.69, 9.17) is 0 Å². The van der Waals surface area contributed by atoms with Gasteiger partial charge in [-0.1, -0.05) is 11.3 Å². The summed E-state index contributed by atoms with van der Waals surface area (Å²) in [7, 11) is 0. The molecular weight excluding hydrogens is 268 g/mol. The molecule has 0 N–H and O–H groups in total. The van der Waals surface area contributed by atoms with Crippen molar-refractivity contribution in [3.8, 4) is 0 Å². The zero-order chi connectivity index (χ0) is 12.5. The average Bonchev–Trinajstić information content (AvgIpc) is 2.67. The topological polar surface area (TPSA) is 50.5 Å². The molecule has 1 unspecified atom stereocenters. The predicted octanol–water partition coefficient (Wildman–Crippen LogP) is 1.48. The summed E-state index contributed by atoms with van der Waals surface area (Å²) in [6, 6.07) is 1.91. The van der Waals surface area contributed by atoms with Crippen LogP contribution in [0.3, 0.4) is 0 Å². The van der Waals surface area contributed by atoms with Crippen molar-refractivity contribution < 1.29 is 0 Å². The highest BCUT2D eigenvalue weighted by Gasteiger charge is 2.21. The van der Waals surface area contributed by atoms with Crippen LogP contribution in [-0.2, 0) is 0 Å². The Morgan fingerprint density at radius 1 is 1.44 bits per heavy atom. The number of hydrogen-bond acceptors (Lipinski definition) is 6. The lowest BCUT2D eigenvalue weighted by molar-refractivity contribution is 0.638. The predicted molar refractivity (Wildman–Crippen MR) is 75.9 cm³/mol. The second-order valence-electron chi connectivity index (χ2n) is 4.31. The Hall–Kier alpha value is -1.08. The van der Waals surface area contributed by atoms with Crippen LogP contribution < -0.4 is 10.5 Å². The fraction of sp³-hybridized carbons (Fsp3) is 0.545. The maximum absolute atomic E-state index is 11.7. The van der Waals surface area contributed by atoms with Gasteiger partial charge >= 0.3 is 0 Å². The third kappa shape index (κ3) is 2.12. The van der Waals surface area contributed by atoms with Crippen LogP contribution in [0.1, 0.15) is 13.3 Å². The summed E-state index contributed by atoms with van der Waals surface area (Å²) in [6.07, 6.45) is 2.70. The molecule has 2 aromatic rings. The first-order valence-electron chi connectivity index (χ1n) is 5.95. The molecule has 2 aromatic heterocycles. The van der Waals surface area contributed by atoms with Crippen molar-refractivity contribution >= 4 is 33.2 Å². The largest absolute Gasteiger partial charge is 0.343 e. The molecule has 0 bridgehead atoms. The van der Waals surface area contributed by atoms with Crippen molar-refractivity contribution in [2.24, 2.45) is 0 Å². The summed E-state index contributed by atoms with van der Waals surface area (Å²) in [4.78, 5) is 18.8. The van der Waals surface area contributed by atoms with Crippen LogP contribution in [0.4, 0.5) is 5.13 Å². The summed E-state index contributed by atoms with van der Waals surface area (Å²) in [6.45, 7) is 3.20.